The maximum atomic E-state index is 12.8. The van der Waals surface area contributed by atoms with Crippen LogP contribution in [0, 0.1) is 23.2 Å². The Morgan fingerprint density at radius 3 is 2.56 bits per heavy atom. The number of carbonyl (C=O) groups is 1. The highest BCUT2D eigenvalue weighted by Gasteiger charge is 2.53. The molecule has 7 nitrogen and oxygen atoms in total. The number of nitrogens with one attached hydrogen (secondary N) is 1. The van der Waals surface area contributed by atoms with Gasteiger partial charge in [0.2, 0.25) is 0 Å². The van der Waals surface area contributed by atoms with Gasteiger partial charge in [-0.2, -0.15) is 0 Å². The second kappa shape index (κ2) is 7.80. The number of hydrogen-bond donors (Lipinski definition) is 2. The van der Waals surface area contributed by atoms with Gasteiger partial charge in [-0.05, 0) is 80.2 Å². The summed E-state index contributed by atoms with van der Waals surface area (Å²) in [5.41, 5.74) is 2.50. The van der Waals surface area contributed by atoms with E-state index in [9.17, 15) is 9.90 Å². The van der Waals surface area contributed by atoms with Gasteiger partial charge >= 0.3 is 0 Å². The first-order valence-corrected chi connectivity index (χ1v) is 12.0. The van der Waals surface area contributed by atoms with Crippen LogP contribution < -0.4 is 5.32 Å². The van der Waals surface area contributed by atoms with Crippen LogP contribution in [0.25, 0.3) is 0 Å². The molecule has 1 atom stereocenters. The number of aromatic nitrogens is 3. The maximum Gasteiger partial charge on any atom is 0.272 e. The molecule has 0 saturated heterocycles. The SMILES string of the molecule is O=C(c1ccccn1)N1CCc2c(ncnc2NCC(O)C23CC4CC(CC(C4)C2)C3)C1. The molecule has 0 spiro atoms. The van der Waals surface area contributed by atoms with Crippen molar-refractivity contribution in [2.75, 3.05) is 18.4 Å². The van der Waals surface area contributed by atoms with Gasteiger partial charge in [0.25, 0.3) is 5.91 Å². The quantitative estimate of drug-likeness (QED) is 0.753. The summed E-state index contributed by atoms with van der Waals surface area (Å²) < 4.78 is 0. The molecule has 3 heterocycles. The molecular weight excluding hydrogens is 402 g/mol. The van der Waals surface area contributed by atoms with Crippen LogP contribution in [0.15, 0.2) is 30.7 Å². The second-order valence-corrected chi connectivity index (χ2v) is 10.5. The van der Waals surface area contributed by atoms with Crippen molar-refractivity contribution in [3.05, 3.63) is 47.7 Å². The van der Waals surface area contributed by atoms with Crippen LogP contribution in [-0.2, 0) is 13.0 Å². The van der Waals surface area contributed by atoms with Crippen molar-refractivity contribution in [2.24, 2.45) is 23.2 Å². The highest BCUT2D eigenvalue weighted by Crippen LogP contribution is 2.61. The van der Waals surface area contributed by atoms with E-state index in [0.717, 1.165) is 34.8 Å². The lowest BCUT2D eigenvalue weighted by Gasteiger charge is -2.58. The molecule has 0 aromatic carbocycles. The Kier molecular flexibility index (Phi) is 4.90. The number of rotatable bonds is 5. The smallest absolute Gasteiger partial charge is 0.272 e. The Balaban J connectivity index is 1.14. The number of nitrogens with zero attached hydrogens (tertiary/aromatic N) is 4. The average molecular weight is 434 g/mol. The molecule has 5 aliphatic rings. The van der Waals surface area contributed by atoms with Gasteiger partial charge in [-0.25, -0.2) is 9.97 Å². The standard InChI is InChI=1S/C25H31N5O2/c31-22(25-10-16-7-17(11-25)9-18(8-16)12-25)13-27-23-19-4-6-30(14-21(19)28-15-29-23)24(32)20-3-1-2-5-26-20/h1-3,5,15-18,22,31H,4,6-14H2,(H,27,28,29). The Bertz CT molecular complexity index is 975. The second-order valence-electron chi connectivity index (χ2n) is 10.5. The first kappa shape index (κ1) is 20.1. The molecule has 2 aromatic rings. The molecule has 1 aliphatic heterocycles. The van der Waals surface area contributed by atoms with Crippen molar-refractivity contribution in [3.63, 3.8) is 0 Å². The molecule has 7 heteroatoms. The largest absolute Gasteiger partial charge is 0.391 e. The number of amides is 1. The van der Waals surface area contributed by atoms with Crippen molar-refractivity contribution < 1.29 is 9.90 Å². The van der Waals surface area contributed by atoms with Crippen LogP contribution in [0.1, 0.15) is 60.3 Å². The lowest BCUT2D eigenvalue weighted by molar-refractivity contribution is -0.115. The highest BCUT2D eigenvalue weighted by atomic mass is 16.3. The van der Waals surface area contributed by atoms with Crippen molar-refractivity contribution >= 4 is 11.7 Å². The molecular formula is C25H31N5O2. The summed E-state index contributed by atoms with van der Waals surface area (Å²) in [5.74, 6) is 3.21. The molecule has 2 aromatic heterocycles. The molecule has 4 saturated carbocycles. The Morgan fingerprint density at radius 1 is 1.12 bits per heavy atom. The summed E-state index contributed by atoms with van der Waals surface area (Å²) in [6, 6.07) is 5.39. The van der Waals surface area contributed by atoms with Crippen molar-refractivity contribution in [1.29, 1.82) is 0 Å². The molecule has 2 N–H and O–H groups in total. The molecule has 4 bridgehead atoms. The minimum atomic E-state index is -0.340. The van der Waals surface area contributed by atoms with E-state index >= 15 is 0 Å². The van der Waals surface area contributed by atoms with E-state index in [4.69, 9.17) is 0 Å². The number of anilines is 1. The average Bonchev–Trinajstić information content (AvgIpc) is 2.81. The van der Waals surface area contributed by atoms with Gasteiger partial charge in [0.1, 0.15) is 17.8 Å². The minimum absolute atomic E-state index is 0.0680. The third kappa shape index (κ3) is 3.47. The number of fused-ring (bicyclic) bond motifs is 1. The first-order valence-electron chi connectivity index (χ1n) is 12.0. The van der Waals surface area contributed by atoms with Gasteiger partial charge < -0.3 is 15.3 Å². The molecule has 32 heavy (non-hydrogen) atoms. The van der Waals surface area contributed by atoms with E-state index < -0.39 is 0 Å². The third-order valence-electron chi connectivity index (χ3n) is 8.43. The van der Waals surface area contributed by atoms with Gasteiger partial charge in [-0.15, -0.1) is 0 Å². The summed E-state index contributed by atoms with van der Waals surface area (Å²) in [7, 11) is 0. The van der Waals surface area contributed by atoms with E-state index in [2.05, 4.69) is 20.3 Å². The Morgan fingerprint density at radius 2 is 1.88 bits per heavy atom. The van der Waals surface area contributed by atoms with Crippen LogP contribution in [0.5, 0.6) is 0 Å². The summed E-state index contributed by atoms with van der Waals surface area (Å²) >= 11 is 0. The van der Waals surface area contributed by atoms with Crippen LogP contribution in [0.3, 0.4) is 0 Å². The summed E-state index contributed by atoms with van der Waals surface area (Å²) in [6.45, 7) is 1.60. The molecule has 4 aliphatic carbocycles. The topological polar surface area (TPSA) is 91.2 Å². The first-order chi connectivity index (χ1) is 15.6. The van der Waals surface area contributed by atoms with Crippen LogP contribution in [0.4, 0.5) is 5.82 Å². The zero-order chi connectivity index (χ0) is 21.7. The van der Waals surface area contributed by atoms with E-state index in [0.29, 0.717) is 31.7 Å². The zero-order valence-corrected chi connectivity index (χ0v) is 18.4. The van der Waals surface area contributed by atoms with Crippen LogP contribution in [0.2, 0.25) is 0 Å². The maximum absolute atomic E-state index is 12.8. The number of aliphatic hydroxyl groups is 1. The number of hydrogen-bond acceptors (Lipinski definition) is 6. The summed E-state index contributed by atoms with van der Waals surface area (Å²) in [6.07, 6.45) is 11.3. The third-order valence-corrected chi connectivity index (χ3v) is 8.43. The lowest BCUT2D eigenvalue weighted by atomic mass is 9.48. The van der Waals surface area contributed by atoms with E-state index in [1.54, 1.807) is 23.5 Å². The molecule has 1 unspecified atom stereocenters. The molecule has 1 amide bonds. The highest BCUT2D eigenvalue weighted by molar-refractivity contribution is 5.92. The van der Waals surface area contributed by atoms with Crippen molar-refractivity contribution in [1.82, 2.24) is 19.9 Å². The van der Waals surface area contributed by atoms with E-state index in [1.807, 2.05) is 12.1 Å². The fourth-order valence-electron chi connectivity index (χ4n) is 7.33. The van der Waals surface area contributed by atoms with Gasteiger partial charge in [-0.3, -0.25) is 9.78 Å². The van der Waals surface area contributed by atoms with E-state index in [-0.39, 0.29) is 17.4 Å². The van der Waals surface area contributed by atoms with Gasteiger partial charge in [0.15, 0.2) is 0 Å². The monoisotopic (exact) mass is 433 g/mol. The van der Waals surface area contributed by atoms with E-state index in [1.165, 1.54) is 38.5 Å². The van der Waals surface area contributed by atoms with Crippen molar-refractivity contribution in [3.8, 4) is 0 Å². The fraction of sp³-hybridized carbons (Fsp3) is 0.600. The molecule has 0 radical (unpaired) electrons. The number of pyridine rings is 1. The van der Waals surface area contributed by atoms with Gasteiger partial charge in [0.05, 0.1) is 18.3 Å². The fourth-order valence-corrected chi connectivity index (χ4v) is 7.33. The van der Waals surface area contributed by atoms with Crippen LogP contribution >= 0.6 is 0 Å². The van der Waals surface area contributed by atoms with Crippen LogP contribution in [-0.4, -0.2) is 50.1 Å². The summed E-state index contributed by atoms with van der Waals surface area (Å²) in [5, 5.41) is 14.7. The Hall–Kier alpha value is -2.54. The summed E-state index contributed by atoms with van der Waals surface area (Å²) in [4.78, 5) is 27.7. The van der Waals surface area contributed by atoms with Crippen molar-refractivity contribution in [2.45, 2.75) is 57.6 Å². The number of carbonyl (C=O) groups excluding carboxylic acids is 1. The molecule has 4 fully saturated rings. The number of aliphatic hydroxyl groups excluding tert-OH is 1. The predicted octanol–water partition coefficient (Wildman–Crippen LogP) is 3.06. The van der Waals surface area contributed by atoms with Gasteiger partial charge in [0, 0.05) is 24.8 Å². The van der Waals surface area contributed by atoms with Gasteiger partial charge in [-0.1, -0.05) is 6.07 Å². The lowest BCUT2D eigenvalue weighted by Crippen LogP contribution is -2.53. The molecule has 168 valence electrons. The molecule has 7 rings (SSSR count). The predicted molar refractivity (Wildman–Crippen MR) is 120 cm³/mol. The zero-order valence-electron chi connectivity index (χ0n) is 18.4. The Labute approximate surface area is 188 Å². The minimum Gasteiger partial charge on any atom is -0.391 e. The normalized spacial score (nSPS) is 31.3.